The Morgan fingerprint density at radius 1 is 1.47 bits per heavy atom. The van der Waals surface area contributed by atoms with Crippen molar-refractivity contribution in [3.8, 4) is 0 Å². The first-order valence-electron chi connectivity index (χ1n) is 6.40. The lowest BCUT2D eigenvalue weighted by molar-refractivity contribution is 0.00768. The quantitative estimate of drug-likeness (QED) is 0.849. The average molecular weight is 237 g/mol. The molecule has 0 aromatic carbocycles. The summed E-state index contributed by atoms with van der Waals surface area (Å²) in [5, 5.41) is 7.50. The second-order valence-corrected chi connectivity index (χ2v) is 5.34. The standard InChI is InChI=1S/C12H19N3O2/c1-8-4-6-13-9(8)10-14-11(15-17-10)12(2)5-3-7-16-12/h8-9,13H,3-7H2,1-2H3. The molecular formula is C12H19N3O2. The van der Waals surface area contributed by atoms with Gasteiger partial charge in [-0.05, 0) is 38.6 Å². The number of hydrogen-bond acceptors (Lipinski definition) is 5. The number of nitrogens with zero attached hydrogens (tertiary/aromatic N) is 2. The lowest BCUT2D eigenvalue weighted by Gasteiger charge is -2.17. The van der Waals surface area contributed by atoms with Crippen LogP contribution in [0.25, 0.3) is 0 Å². The molecule has 3 heterocycles. The van der Waals surface area contributed by atoms with Gasteiger partial charge >= 0.3 is 0 Å². The summed E-state index contributed by atoms with van der Waals surface area (Å²) in [5.41, 5.74) is -0.344. The zero-order valence-electron chi connectivity index (χ0n) is 10.4. The zero-order valence-corrected chi connectivity index (χ0v) is 10.4. The van der Waals surface area contributed by atoms with Gasteiger partial charge in [0, 0.05) is 6.61 Å². The molecule has 0 spiro atoms. The number of rotatable bonds is 2. The van der Waals surface area contributed by atoms with Crippen molar-refractivity contribution in [2.24, 2.45) is 5.92 Å². The highest BCUT2D eigenvalue weighted by Gasteiger charge is 2.38. The van der Waals surface area contributed by atoms with E-state index >= 15 is 0 Å². The maximum Gasteiger partial charge on any atom is 0.244 e. The molecule has 2 aliphatic heterocycles. The fourth-order valence-electron chi connectivity index (χ4n) is 2.70. The van der Waals surface area contributed by atoms with Crippen LogP contribution in [-0.4, -0.2) is 23.3 Å². The summed E-state index contributed by atoms with van der Waals surface area (Å²) in [6, 6.07) is 0.209. The van der Waals surface area contributed by atoms with Gasteiger partial charge in [0.25, 0.3) is 0 Å². The molecule has 3 rings (SSSR count). The van der Waals surface area contributed by atoms with E-state index < -0.39 is 0 Å². The molecular weight excluding hydrogens is 218 g/mol. The summed E-state index contributed by atoms with van der Waals surface area (Å²) in [4.78, 5) is 4.53. The Morgan fingerprint density at radius 3 is 3.00 bits per heavy atom. The first-order chi connectivity index (χ1) is 8.19. The largest absolute Gasteiger partial charge is 0.367 e. The highest BCUT2D eigenvalue weighted by atomic mass is 16.5. The molecule has 3 atom stereocenters. The van der Waals surface area contributed by atoms with Gasteiger partial charge in [-0.1, -0.05) is 12.1 Å². The van der Waals surface area contributed by atoms with Crippen molar-refractivity contribution in [1.82, 2.24) is 15.5 Å². The first kappa shape index (κ1) is 11.2. The molecule has 0 radical (unpaired) electrons. The van der Waals surface area contributed by atoms with Crippen molar-refractivity contribution in [3.63, 3.8) is 0 Å². The van der Waals surface area contributed by atoms with Gasteiger partial charge in [0.15, 0.2) is 0 Å². The summed E-state index contributed by atoms with van der Waals surface area (Å²) >= 11 is 0. The molecule has 0 bridgehead atoms. The second-order valence-electron chi connectivity index (χ2n) is 5.34. The van der Waals surface area contributed by atoms with Gasteiger partial charge in [-0.2, -0.15) is 4.98 Å². The smallest absolute Gasteiger partial charge is 0.244 e. The highest BCUT2D eigenvalue weighted by Crippen LogP contribution is 2.35. The molecule has 1 aromatic rings. The first-order valence-corrected chi connectivity index (χ1v) is 6.40. The predicted octanol–water partition coefficient (Wildman–Crippen LogP) is 1.77. The van der Waals surface area contributed by atoms with E-state index in [1.807, 2.05) is 6.92 Å². The molecule has 2 aliphatic rings. The third-order valence-corrected chi connectivity index (χ3v) is 3.93. The Labute approximate surface area is 101 Å². The van der Waals surface area contributed by atoms with Crippen LogP contribution in [0.2, 0.25) is 0 Å². The van der Waals surface area contributed by atoms with Crippen LogP contribution < -0.4 is 5.32 Å². The molecule has 1 N–H and O–H groups in total. The van der Waals surface area contributed by atoms with Gasteiger partial charge in [-0.25, -0.2) is 0 Å². The van der Waals surface area contributed by atoms with Gasteiger partial charge in [0.05, 0.1) is 6.04 Å². The lowest BCUT2D eigenvalue weighted by atomic mass is 10.0. The van der Waals surface area contributed by atoms with Gasteiger partial charge in [-0.3, -0.25) is 0 Å². The second kappa shape index (κ2) is 4.07. The highest BCUT2D eigenvalue weighted by molar-refractivity contribution is 5.05. The van der Waals surface area contributed by atoms with E-state index in [0.717, 1.165) is 32.4 Å². The minimum absolute atomic E-state index is 0.209. The number of aromatic nitrogens is 2. The summed E-state index contributed by atoms with van der Waals surface area (Å²) in [5.74, 6) is 1.97. The van der Waals surface area contributed by atoms with Crippen LogP contribution in [0, 0.1) is 5.92 Å². The summed E-state index contributed by atoms with van der Waals surface area (Å²) in [6.45, 7) is 6.07. The Kier molecular flexibility index (Phi) is 2.67. The monoisotopic (exact) mass is 237 g/mol. The normalized spacial score (nSPS) is 37.8. The van der Waals surface area contributed by atoms with E-state index in [1.165, 1.54) is 0 Å². The maximum absolute atomic E-state index is 5.72. The van der Waals surface area contributed by atoms with Gasteiger partial charge in [0.2, 0.25) is 11.7 Å². The average Bonchev–Trinajstić information content (AvgIpc) is 2.97. The molecule has 5 nitrogen and oxygen atoms in total. The lowest BCUT2D eigenvalue weighted by Crippen LogP contribution is -2.22. The predicted molar refractivity (Wildman–Crippen MR) is 61.4 cm³/mol. The summed E-state index contributed by atoms with van der Waals surface area (Å²) in [7, 11) is 0. The van der Waals surface area contributed by atoms with E-state index in [4.69, 9.17) is 9.26 Å². The SMILES string of the molecule is CC1CCNC1c1nc(C2(C)CCCO2)no1. The van der Waals surface area contributed by atoms with E-state index in [2.05, 4.69) is 22.4 Å². The molecule has 3 unspecified atom stereocenters. The van der Waals surface area contributed by atoms with Crippen molar-refractivity contribution < 1.29 is 9.26 Å². The summed E-state index contributed by atoms with van der Waals surface area (Å²) in [6.07, 6.45) is 3.20. The van der Waals surface area contributed by atoms with Crippen molar-refractivity contribution in [1.29, 1.82) is 0 Å². The van der Waals surface area contributed by atoms with Crippen LogP contribution >= 0.6 is 0 Å². The third-order valence-electron chi connectivity index (χ3n) is 3.93. The van der Waals surface area contributed by atoms with Crippen LogP contribution in [-0.2, 0) is 10.3 Å². The fourth-order valence-corrected chi connectivity index (χ4v) is 2.70. The zero-order chi connectivity index (χ0) is 11.9. The van der Waals surface area contributed by atoms with Crippen molar-refractivity contribution in [2.45, 2.75) is 44.8 Å². The Bertz CT molecular complexity index is 398. The fraction of sp³-hybridized carbons (Fsp3) is 0.833. The van der Waals surface area contributed by atoms with Crippen LogP contribution in [0.1, 0.15) is 50.9 Å². The maximum atomic E-state index is 5.72. The molecule has 0 saturated carbocycles. The van der Waals surface area contributed by atoms with E-state index in [-0.39, 0.29) is 11.6 Å². The molecule has 5 heteroatoms. The van der Waals surface area contributed by atoms with Gasteiger partial charge in [0.1, 0.15) is 5.60 Å². The van der Waals surface area contributed by atoms with Crippen LogP contribution in [0.5, 0.6) is 0 Å². The Morgan fingerprint density at radius 2 is 2.35 bits per heavy atom. The molecule has 0 amide bonds. The van der Waals surface area contributed by atoms with E-state index in [1.54, 1.807) is 0 Å². The molecule has 17 heavy (non-hydrogen) atoms. The molecule has 2 fully saturated rings. The van der Waals surface area contributed by atoms with E-state index in [9.17, 15) is 0 Å². The topological polar surface area (TPSA) is 60.2 Å². The summed E-state index contributed by atoms with van der Waals surface area (Å²) < 4.78 is 11.1. The third kappa shape index (κ3) is 1.87. The minimum atomic E-state index is -0.344. The van der Waals surface area contributed by atoms with Crippen molar-refractivity contribution >= 4 is 0 Å². The minimum Gasteiger partial charge on any atom is -0.367 e. The van der Waals surface area contributed by atoms with Gasteiger partial charge < -0.3 is 14.6 Å². The van der Waals surface area contributed by atoms with Crippen LogP contribution in [0.4, 0.5) is 0 Å². The Hall–Kier alpha value is -0.940. The molecule has 1 aromatic heterocycles. The van der Waals surface area contributed by atoms with Gasteiger partial charge in [-0.15, -0.1) is 0 Å². The molecule has 2 saturated heterocycles. The number of hydrogen-bond donors (Lipinski definition) is 1. The van der Waals surface area contributed by atoms with Crippen LogP contribution in [0.3, 0.4) is 0 Å². The van der Waals surface area contributed by atoms with E-state index in [0.29, 0.717) is 17.6 Å². The number of nitrogens with one attached hydrogen (secondary N) is 1. The molecule has 0 aliphatic carbocycles. The van der Waals surface area contributed by atoms with Crippen LogP contribution in [0.15, 0.2) is 4.52 Å². The molecule has 94 valence electrons. The Balaban J connectivity index is 1.82. The number of ether oxygens (including phenoxy) is 1. The van der Waals surface area contributed by atoms with Crippen molar-refractivity contribution in [2.75, 3.05) is 13.2 Å². The van der Waals surface area contributed by atoms with Crippen molar-refractivity contribution in [3.05, 3.63) is 11.7 Å².